The predicted molar refractivity (Wildman–Crippen MR) is 109 cm³/mol. The van der Waals surface area contributed by atoms with E-state index in [-0.39, 0.29) is 5.70 Å². The van der Waals surface area contributed by atoms with E-state index in [1.54, 1.807) is 17.8 Å². The summed E-state index contributed by atoms with van der Waals surface area (Å²) < 4.78 is 2.17. The van der Waals surface area contributed by atoms with Gasteiger partial charge < -0.3 is 9.88 Å². The van der Waals surface area contributed by atoms with Gasteiger partial charge >= 0.3 is 6.03 Å². The third kappa shape index (κ3) is 3.86. The second kappa shape index (κ2) is 7.50. The number of aromatic nitrogens is 1. The lowest BCUT2D eigenvalue weighted by Crippen LogP contribution is -2.22. The van der Waals surface area contributed by atoms with E-state index in [4.69, 9.17) is 11.6 Å². The molecule has 3 aromatic rings. The highest BCUT2D eigenvalue weighted by Gasteiger charge is 2.23. The summed E-state index contributed by atoms with van der Waals surface area (Å²) in [5.74, 6) is 0.489. The minimum atomic E-state index is -0.491. The van der Waals surface area contributed by atoms with Crippen LogP contribution in [0, 0.1) is 0 Å². The molecule has 0 spiro atoms. The van der Waals surface area contributed by atoms with Crippen LogP contribution in [0.4, 0.5) is 4.79 Å². The third-order valence-corrected chi connectivity index (χ3v) is 5.50. The molecule has 0 aliphatic carbocycles. The van der Waals surface area contributed by atoms with Crippen molar-refractivity contribution in [3.05, 3.63) is 71.0 Å². The number of rotatable bonds is 5. The molecule has 2 aromatic carbocycles. The molecule has 27 heavy (non-hydrogen) atoms. The Morgan fingerprint density at radius 1 is 1.04 bits per heavy atom. The van der Waals surface area contributed by atoms with Crippen molar-refractivity contribution in [2.24, 2.45) is 0 Å². The number of hydrogen-bond acceptors (Lipinski definition) is 3. The summed E-state index contributed by atoms with van der Waals surface area (Å²) in [6.07, 6.45) is 3.73. The van der Waals surface area contributed by atoms with Crippen LogP contribution in [0.2, 0.25) is 5.02 Å². The Bertz CT molecular complexity index is 1060. The summed E-state index contributed by atoms with van der Waals surface area (Å²) >= 11 is 7.68. The highest BCUT2D eigenvalue weighted by molar-refractivity contribution is 7.99. The van der Waals surface area contributed by atoms with Gasteiger partial charge in [-0.15, -0.1) is 11.8 Å². The van der Waals surface area contributed by atoms with Gasteiger partial charge in [0.25, 0.3) is 5.91 Å². The summed E-state index contributed by atoms with van der Waals surface area (Å²) in [4.78, 5) is 24.3. The number of halogens is 1. The molecule has 1 fully saturated rings. The molecule has 0 atom stereocenters. The van der Waals surface area contributed by atoms with Crippen LogP contribution in [0.15, 0.2) is 65.3 Å². The van der Waals surface area contributed by atoms with E-state index in [1.165, 1.54) is 4.90 Å². The highest BCUT2D eigenvalue weighted by atomic mass is 35.5. The van der Waals surface area contributed by atoms with Crippen LogP contribution in [-0.2, 0) is 11.3 Å². The summed E-state index contributed by atoms with van der Waals surface area (Å²) in [6.45, 7) is 0.815. The van der Waals surface area contributed by atoms with Crippen molar-refractivity contribution < 1.29 is 9.59 Å². The van der Waals surface area contributed by atoms with E-state index >= 15 is 0 Å². The van der Waals surface area contributed by atoms with Gasteiger partial charge in [-0.25, -0.2) is 4.79 Å². The minimum Gasteiger partial charge on any atom is -0.346 e. The molecule has 136 valence electrons. The zero-order chi connectivity index (χ0) is 18.8. The number of urea groups is 1. The molecule has 0 bridgehead atoms. The molecule has 0 radical (unpaired) electrons. The summed E-state index contributed by atoms with van der Waals surface area (Å²) in [5.41, 5.74) is 2.25. The van der Waals surface area contributed by atoms with E-state index in [0.717, 1.165) is 33.8 Å². The summed E-state index contributed by atoms with van der Waals surface area (Å²) in [6, 6.07) is 15.3. The number of amides is 3. The molecule has 2 heterocycles. The number of fused-ring (bicyclic) bond motifs is 1. The normalized spacial score (nSPS) is 15.4. The van der Waals surface area contributed by atoms with Gasteiger partial charge in [-0.3, -0.25) is 10.1 Å². The smallest absolute Gasteiger partial charge is 0.326 e. The van der Waals surface area contributed by atoms with Crippen LogP contribution in [0.5, 0.6) is 0 Å². The predicted octanol–water partition coefficient (Wildman–Crippen LogP) is 4.27. The van der Waals surface area contributed by atoms with Crippen molar-refractivity contribution in [2.75, 3.05) is 5.75 Å². The van der Waals surface area contributed by atoms with Crippen molar-refractivity contribution in [3.8, 4) is 0 Å². The summed E-state index contributed by atoms with van der Waals surface area (Å²) in [5, 5.41) is 6.52. The number of nitrogens with zero attached hydrogens (tertiary/aromatic N) is 1. The lowest BCUT2D eigenvalue weighted by Gasteiger charge is -2.05. The van der Waals surface area contributed by atoms with Crippen LogP contribution in [-0.4, -0.2) is 22.3 Å². The number of carbonyl (C=O) groups excluding carboxylic acids is 2. The maximum atomic E-state index is 11.8. The Hall–Kier alpha value is -2.70. The number of para-hydroxylation sites is 1. The SMILES string of the molecule is O=C1NC(=O)/C(=C\c2cn(CCSc3ccc(Cl)cc3)c3ccccc23)N1. The fourth-order valence-corrected chi connectivity index (χ4v) is 3.98. The number of imide groups is 1. The van der Waals surface area contributed by atoms with Crippen LogP contribution in [0.3, 0.4) is 0 Å². The topological polar surface area (TPSA) is 63.1 Å². The zero-order valence-corrected chi connectivity index (χ0v) is 15.8. The molecule has 1 saturated heterocycles. The first-order valence-electron chi connectivity index (χ1n) is 8.40. The molecule has 4 rings (SSSR count). The number of aryl methyl sites for hydroxylation is 1. The van der Waals surface area contributed by atoms with Gasteiger partial charge in [0, 0.05) is 44.9 Å². The Morgan fingerprint density at radius 3 is 2.56 bits per heavy atom. The Morgan fingerprint density at radius 2 is 1.81 bits per heavy atom. The Kier molecular flexibility index (Phi) is 4.92. The standard InChI is InChI=1S/C20H16ClN3O2S/c21-14-5-7-15(8-6-14)27-10-9-24-12-13(16-3-1-2-4-18(16)24)11-17-19(25)23-20(26)22-17/h1-8,11-12H,9-10H2,(H2,22,23,25,26)/b17-11+. The largest absolute Gasteiger partial charge is 0.346 e. The first kappa shape index (κ1) is 17.7. The monoisotopic (exact) mass is 397 g/mol. The zero-order valence-electron chi connectivity index (χ0n) is 14.2. The van der Waals surface area contributed by atoms with E-state index in [1.807, 2.05) is 48.7 Å². The molecular formula is C20H16ClN3O2S. The number of thioether (sulfide) groups is 1. The van der Waals surface area contributed by atoms with E-state index in [0.29, 0.717) is 0 Å². The van der Waals surface area contributed by atoms with Crippen LogP contribution in [0.25, 0.3) is 17.0 Å². The third-order valence-electron chi connectivity index (χ3n) is 4.25. The minimum absolute atomic E-state index is 0.262. The molecule has 0 saturated carbocycles. The molecular weight excluding hydrogens is 382 g/mol. The second-order valence-electron chi connectivity index (χ2n) is 6.06. The fraction of sp³-hybridized carbons (Fsp3) is 0.100. The van der Waals surface area contributed by atoms with Gasteiger partial charge in [-0.05, 0) is 36.4 Å². The number of carbonyl (C=O) groups is 2. The first-order valence-corrected chi connectivity index (χ1v) is 9.77. The van der Waals surface area contributed by atoms with E-state index in [9.17, 15) is 9.59 Å². The van der Waals surface area contributed by atoms with Crippen molar-refractivity contribution >= 4 is 52.3 Å². The van der Waals surface area contributed by atoms with Crippen LogP contribution >= 0.6 is 23.4 Å². The molecule has 3 amide bonds. The fourth-order valence-electron chi connectivity index (χ4n) is 3.01. The van der Waals surface area contributed by atoms with Crippen molar-refractivity contribution in [1.82, 2.24) is 15.2 Å². The summed E-state index contributed by atoms with van der Waals surface area (Å²) in [7, 11) is 0. The van der Waals surface area contributed by atoms with Crippen LogP contribution in [0.1, 0.15) is 5.56 Å². The quantitative estimate of drug-likeness (QED) is 0.384. The van der Waals surface area contributed by atoms with Gasteiger partial charge in [-0.2, -0.15) is 0 Å². The average Bonchev–Trinajstić information content (AvgIpc) is 3.17. The van der Waals surface area contributed by atoms with Gasteiger partial charge in [0.1, 0.15) is 5.70 Å². The number of benzene rings is 2. The molecule has 1 aromatic heterocycles. The molecule has 0 unspecified atom stereocenters. The van der Waals surface area contributed by atoms with Crippen LogP contribution < -0.4 is 10.6 Å². The average molecular weight is 398 g/mol. The van der Waals surface area contributed by atoms with Gasteiger partial charge in [0.15, 0.2) is 0 Å². The van der Waals surface area contributed by atoms with Crippen molar-refractivity contribution in [3.63, 3.8) is 0 Å². The molecule has 7 heteroatoms. The molecule has 1 aliphatic heterocycles. The van der Waals surface area contributed by atoms with Gasteiger partial charge in [0.2, 0.25) is 0 Å². The second-order valence-corrected chi connectivity index (χ2v) is 7.67. The number of nitrogens with one attached hydrogen (secondary N) is 2. The molecule has 2 N–H and O–H groups in total. The van der Waals surface area contributed by atoms with Crippen molar-refractivity contribution in [1.29, 1.82) is 0 Å². The van der Waals surface area contributed by atoms with Gasteiger partial charge in [0.05, 0.1) is 0 Å². The van der Waals surface area contributed by atoms with Crippen molar-refractivity contribution in [2.45, 2.75) is 11.4 Å². The Labute approximate surface area is 165 Å². The number of hydrogen-bond donors (Lipinski definition) is 2. The highest BCUT2D eigenvalue weighted by Crippen LogP contribution is 2.26. The molecule has 5 nitrogen and oxygen atoms in total. The van der Waals surface area contributed by atoms with Gasteiger partial charge in [-0.1, -0.05) is 29.8 Å². The maximum absolute atomic E-state index is 11.8. The molecule has 1 aliphatic rings. The lowest BCUT2D eigenvalue weighted by atomic mass is 10.1. The Balaban J connectivity index is 1.56. The van der Waals surface area contributed by atoms with E-state index < -0.39 is 11.9 Å². The van der Waals surface area contributed by atoms with E-state index in [2.05, 4.69) is 21.3 Å². The maximum Gasteiger partial charge on any atom is 0.326 e. The first-order chi connectivity index (χ1) is 13.1. The lowest BCUT2D eigenvalue weighted by molar-refractivity contribution is -0.115.